The van der Waals surface area contributed by atoms with Crippen molar-refractivity contribution in [1.82, 2.24) is 87.6 Å². The Bertz CT molecular complexity index is 4830. The highest BCUT2D eigenvalue weighted by Gasteiger charge is 2.47. The number of phenolic OH excluding ortho intramolecular Hbond substituents is 1. The minimum Gasteiger partial charge on any atom is -0.508 e. The van der Waals surface area contributed by atoms with E-state index in [0.29, 0.717) is 64.2 Å². The molecular formula is C87H122N20O20S. The first-order valence-corrected chi connectivity index (χ1v) is 44.7. The summed E-state index contributed by atoms with van der Waals surface area (Å²) in [7, 11) is 2.76. The molecule has 4 fully saturated rings. The van der Waals surface area contributed by atoms with Gasteiger partial charge in [-0.25, -0.2) is 0 Å². The molecule has 6 heterocycles. The summed E-state index contributed by atoms with van der Waals surface area (Å²) in [5.41, 5.74) is 20.7. The van der Waals surface area contributed by atoms with Crippen LogP contribution in [0.4, 0.5) is 0 Å². The molecule has 4 saturated heterocycles. The van der Waals surface area contributed by atoms with Crippen molar-refractivity contribution in [2.24, 2.45) is 23.1 Å². The van der Waals surface area contributed by atoms with Crippen LogP contribution in [0.25, 0.3) is 21.8 Å². The molecule has 0 spiro atoms. The number of carboxylic acid groups (broad SMARTS) is 1. The van der Waals surface area contributed by atoms with Crippen molar-refractivity contribution in [2.45, 2.75) is 234 Å². The number of hydrogen-bond donors (Lipinski definition) is 18. The lowest BCUT2D eigenvalue weighted by molar-refractivity contribution is -0.149. The highest BCUT2D eigenvalue weighted by Crippen LogP contribution is 2.29. The number of aromatic nitrogens is 2. The summed E-state index contributed by atoms with van der Waals surface area (Å²) >= 11 is 0.796. The summed E-state index contributed by atoms with van der Waals surface area (Å²) in [4.78, 5) is 259. The van der Waals surface area contributed by atoms with Crippen LogP contribution in [0.1, 0.15) is 141 Å². The molecule has 4 aliphatic heterocycles. The first-order valence-electron chi connectivity index (χ1n) is 43.5. The van der Waals surface area contributed by atoms with E-state index in [1.165, 1.54) is 55.1 Å². The van der Waals surface area contributed by atoms with E-state index in [1.807, 2.05) is 19.9 Å². The molecule has 0 aliphatic carbocycles. The molecule has 4 aliphatic rings. The van der Waals surface area contributed by atoms with Gasteiger partial charge in [0.25, 0.3) is 0 Å². The number of carbonyl (C=O) groups is 17. The number of thioether (sulfide) groups is 1. The number of fused-ring (bicyclic) bond motifs is 5. The Labute approximate surface area is 745 Å². The molecule has 0 saturated carbocycles. The fourth-order valence-corrected chi connectivity index (χ4v) is 17.5. The van der Waals surface area contributed by atoms with E-state index < -0.39 is 223 Å². The number of likely N-dealkylation sites (N-methyl/N-ethyl adjacent to an activating group) is 2. The Morgan fingerprint density at radius 2 is 1.04 bits per heavy atom. The lowest BCUT2D eigenvalue weighted by atomic mass is 9.99. The largest absolute Gasteiger partial charge is 0.508 e. The summed E-state index contributed by atoms with van der Waals surface area (Å²) in [6, 6.07) is -0.930. The maximum Gasteiger partial charge on any atom is 0.305 e. The summed E-state index contributed by atoms with van der Waals surface area (Å²) in [6.45, 7) is 6.39. The van der Waals surface area contributed by atoms with E-state index in [-0.39, 0.29) is 114 Å². The van der Waals surface area contributed by atoms with Gasteiger partial charge in [-0.2, -0.15) is 0 Å². The number of H-pyrrole nitrogens is 2. The van der Waals surface area contributed by atoms with E-state index in [9.17, 15) is 68.1 Å². The Kier molecular flexibility index (Phi) is 36.5. The first kappa shape index (κ1) is 99.5. The van der Waals surface area contributed by atoms with Crippen molar-refractivity contribution < 1.29 is 96.8 Å². The lowest BCUT2D eigenvalue weighted by Crippen LogP contribution is -2.61. The number of phenols is 1. The number of aliphatic hydroxyl groups is 1. The molecule has 0 bridgehead atoms. The van der Waals surface area contributed by atoms with Gasteiger partial charge in [-0.1, -0.05) is 102 Å². The third-order valence-electron chi connectivity index (χ3n) is 23.5. The number of amides is 16. The number of carboxylic acids is 1. The fourth-order valence-electron chi connectivity index (χ4n) is 16.6. The van der Waals surface area contributed by atoms with Gasteiger partial charge >= 0.3 is 5.97 Å². The van der Waals surface area contributed by atoms with E-state index in [4.69, 9.17) is 17.2 Å². The smallest absolute Gasteiger partial charge is 0.305 e. The van der Waals surface area contributed by atoms with Crippen LogP contribution in [0.2, 0.25) is 0 Å². The zero-order valence-corrected chi connectivity index (χ0v) is 74.0. The third kappa shape index (κ3) is 26.5. The van der Waals surface area contributed by atoms with Crippen LogP contribution in [0, 0.1) is 5.92 Å². The number of carbonyl (C=O) groups excluding carboxylic acids is 16. The van der Waals surface area contributed by atoms with Crippen LogP contribution in [0.3, 0.4) is 0 Å². The summed E-state index contributed by atoms with van der Waals surface area (Å²) in [5, 5.41) is 59.6. The molecule has 0 unspecified atom stereocenters. The SMILES string of the molecule is CCCC[C@H]1C(=O)N(C)[C@@H](CCCC)C(=O)N[C@@H](C)C(=O)N[C@H](C(=O)NCC(N)=O)CSCC(=O)N[C@@H](Cc2ccc(O)cc2)C(=O)N2CCC[C@H]2C(=O)N[C@@H](CC(=O)O)C(=O)N2CCC[C@H]2C(=O)N[C@@H](CN)C(=O)N[C@@H](CC(C)C)C(=O)N2C[C@@H](O)C[C@H]2C(=O)N[C@@H](Cc2c[nH]c3ccccc23)C(=O)N[C@@H](CCN)C(=O)N[C@@H](Cc2c[nH]c3ccccc23)C(=O)N1C. The number of rotatable bonds is 22. The summed E-state index contributed by atoms with van der Waals surface area (Å²) in [5.74, 6) is -17.2. The predicted octanol–water partition coefficient (Wildman–Crippen LogP) is -2.08. The predicted molar refractivity (Wildman–Crippen MR) is 471 cm³/mol. The molecular weight excluding hydrogens is 1680 g/mol. The zero-order chi connectivity index (χ0) is 93.3. The first-order chi connectivity index (χ1) is 61.0. The Morgan fingerprint density at radius 3 is 1.61 bits per heavy atom. The molecule has 128 heavy (non-hydrogen) atoms. The van der Waals surface area contributed by atoms with Crippen molar-refractivity contribution in [3.63, 3.8) is 0 Å². The standard InChI is InChI=1S/C87H122N20O20S/c1-8-10-22-66-79(119)94-48(5)74(114)102-65(75(115)93-43-71(90)110)45-128-46-72(111)95-61(35-49-26-28-52(108)29-27-49)84(124)105-32-16-24-67(105)80(120)100-63(39-73(112)113)85(125)106-33-17-25-68(106)81(121)101-64(40-89)78(118)98-60(34-47(3)4)86(126)107-44-53(109)38-70(107)82(122)97-59(36-50-41-91-56-20-14-12-18-54(50)56)77(117)96-58(30-31-88)76(116)99-62(37-51-42-92-57-21-15-13-19-55(51)57)83(123)104(7)69(23-11-9-2)87(127)103(66)6/h12-15,18-21,26-29,41-42,47-48,53,58-70,91-92,108-109H,8-11,16-17,22-25,30-40,43-46,88-89H2,1-7H3,(H2,90,110)(H,93,115)(H,94,119)(H,95,111)(H,96,117)(H,97,122)(H,98,118)(H,99,116)(H,100,120)(H,101,121)(H,102,114)(H,112,113)/t48-,53-,58-,59-,60-,61-,62-,63-,64-,65-,66-,67-,68-,69-,70-/m0/s1. The molecule has 696 valence electrons. The van der Waals surface area contributed by atoms with Crippen molar-refractivity contribution in [3.8, 4) is 5.75 Å². The average Bonchev–Trinajstić information content (AvgIpc) is 1.64. The second kappa shape index (κ2) is 47.0. The molecule has 40 nitrogen and oxygen atoms in total. The van der Waals surface area contributed by atoms with E-state index in [0.717, 1.165) is 26.5 Å². The summed E-state index contributed by atoms with van der Waals surface area (Å²) in [6.07, 6.45) is 1.86. The van der Waals surface area contributed by atoms with Gasteiger partial charge in [-0.15, -0.1) is 11.8 Å². The number of aromatic hydroxyl groups is 1. The number of para-hydroxylation sites is 2. The quantitative estimate of drug-likeness (QED) is 0.0354. The van der Waals surface area contributed by atoms with Gasteiger partial charge in [0.05, 0.1) is 24.8 Å². The number of aliphatic carboxylic acids is 1. The Hall–Kier alpha value is -12.2. The third-order valence-corrected chi connectivity index (χ3v) is 24.5. The number of nitrogens with zero attached hydrogens (tertiary/aromatic N) is 5. The number of hydrogen-bond acceptors (Lipinski definition) is 22. The van der Waals surface area contributed by atoms with E-state index in [1.54, 1.807) is 68.7 Å². The molecule has 9 rings (SSSR count). The van der Waals surface area contributed by atoms with Gasteiger partial charge in [0.15, 0.2) is 0 Å². The molecule has 5 aromatic rings. The van der Waals surface area contributed by atoms with Crippen molar-refractivity contribution in [1.29, 1.82) is 0 Å². The number of aliphatic hydroxyl groups excluding tert-OH is 1. The van der Waals surface area contributed by atoms with Crippen LogP contribution in [0.15, 0.2) is 85.2 Å². The number of aromatic amines is 2. The van der Waals surface area contributed by atoms with Crippen LogP contribution in [0.5, 0.6) is 5.75 Å². The number of nitrogens with one attached hydrogen (secondary N) is 12. The normalized spacial score (nSPS) is 26.0. The monoisotopic (exact) mass is 1800 g/mol. The topological polar surface area (TPSA) is 597 Å². The van der Waals surface area contributed by atoms with Gasteiger partial charge in [-0.05, 0) is 112 Å². The van der Waals surface area contributed by atoms with Gasteiger partial charge < -0.3 is 120 Å². The average molecular weight is 1800 g/mol. The molecule has 2 aromatic heterocycles. The van der Waals surface area contributed by atoms with Crippen LogP contribution >= 0.6 is 11.8 Å². The molecule has 41 heteroatoms. The molecule has 3 aromatic carbocycles. The number of benzene rings is 3. The number of primary amides is 1. The molecule has 16 amide bonds. The zero-order valence-electron chi connectivity index (χ0n) is 73.2. The second-order valence-electron chi connectivity index (χ2n) is 33.5. The number of nitrogens with two attached hydrogens (primary N) is 3. The lowest BCUT2D eigenvalue weighted by Gasteiger charge is -2.36. The maximum absolute atomic E-state index is 15.7. The van der Waals surface area contributed by atoms with Crippen molar-refractivity contribution in [2.75, 3.05) is 64.9 Å². The van der Waals surface area contributed by atoms with Gasteiger partial charge in [0, 0.05) is 106 Å². The minimum absolute atomic E-state index is 0.00976. The van der Waals surface area contributed by atoms with Crippen LogP contribution in [-0.2, 0) is 101 Å². The molecule has 21 N–H and O–H groups in total. The van der Waals surface area contributed by atoms with Crippen molar-refractivity contribution in [3.05, 3.63) is 102 Å². The Balaban J connectivity index is 1.07. The van der Waals surface area contributed by atoms with E-state index in [2.05, 4.69) is 63.1 Å². The Morgan fingerprint density at radius 1 is 0.539 bits per heavy atom. The van der Waals surface area contributed by atoms with Crippen LogP contribution < -0.4 is 70.4 Å². The van der Waals surface area contributed by atoms with Gasteiger partial charge in [0.2, 0.25) is 94.5 Å². The van der Waals surface area contributed by atoms with E-state index >= 15 is 28.8 Å². The molecule has 15 atom stereocenters. The van der Waals surface area contributed by atoms with Gasteiger partial charge in [-0.3, -0.25) is 81.5 Å². The second-order valence-corrected chi connectivity index (χ2v) is 34.5. The van der Waals surface area contributed by atoms with Crippen molar-refractivity contribution >= 4 is 134 Å². The molecule has 0 radical (unpaired) electrons. The van der Waals surface area contributed by atoms with Crippen LogP contribution in [-0.4, -0.2) is 306 Å². The number of unbranched alkanes of at least 4 members (excludes halogenated alkanes) is 2. The maximum atomic E-state index is 15.7. The highest BCUT2D eigenvalue weighted by molar-refractivity contribution is 8.00. The minimum atomic E-state index is -1.85. The highest BCUT2D eigenvalue weighted by atomic mass is 32.2. The van der Waals surface area contributed by atoms with Gasteiger partial charge in [0.1, 0.15) is 90.3 Å². The summed E-state index contributed by atoms with van der Waals surface area (Å²) < 4.78 is 0. The fraction of sp³-hybridized carbons (Fsp3) is 0.552.